The highest BCUT2D eigenvalue weighted by atomic mass is 16.5. The van der Waals surface area contributed by atoms with Crippen molar-refractivity contribution in [3.63, 3.8) is 0 Å². The maximum atomic E-state index is 5.74. The number of anilines is 1. The van der Waals surface area contributed by atoms with Crippen LogP contribution in [-0.2, 0) is 16.2 Å². The predicted molar refractivity (Wildman–Crippen MR) is 139 cm³/mol. The van der Waals surface area contributed by atoms with Crippen LogP contribution in [0.3, 0.4) is 0 Å². The molecule has 34 heavy (non-hydrogen) atoms. The zero-order valence-electron chi connectivity index (χ0n) is 21.2. The van der Waals surface area contributed by atoms with Crippen LogP contribution in [0, 0.1) is 6.92 Å². The van der Waals surface area contributed by atoms with Gasteiger partial charge in [-0.05, 0) is 61.9 Å². The third kappa shape index (κ3) is 6.61. The summed E-state index contributed by atoms with van der Waals surface area (Å²) in [5, 5.41) is 8.01. The van der Waals surface area contributed by atoms with Gasteiger partial charge in [-0.1, -0.05) is 20.3 Å². The maximum Gasteiger partial charge on any atom is 0.140 e. The van der Waals surface area contributed by atoms with Gasteiger partial charge in [-0.15, -0.1) is 0 Å². The maximum absolute atomic E-state index is 5.74. The minimum atomic E-state index is 0.248. The lowest BCUT2D eigenvalue weighted by Crippen LogP contribution is -2.22. The summed E-state index contributed by atoms with van der Waals surface area (Å²) in [6.45, 7) is 10.9. The van der Waals surface area contributed by atoms with Gasteiger partial charge < -0.3 is 14.8 Å². The molecule has 0 amide bonds. The van der Waals surface area contributed by atoms with Gasteiger partial charge in [0, 0.05) is 38.9 Å². The van der Waals surface area contributed by atoms with Crippen LogP contribution in [0.4, 0.5) is 5.82 Å². The minimum absolute atomic E-state index is 0.248. The fourth-order valence-corrected chi connectivity index (χ4v) is 3.89. The van der Waals surface area contributed by atoms with Crippen molar-refractivity contribution in [2.45, 2.75) is 66.2 Å². The Morgan fingerprint density at radius 1 is 1.35 bits per heavy atom. The molecule has 1 fully saturated rings. The van der Waals surface area contributed by atoms with E-state index in [4.69, 9.17) is 14.5 Å². The van der Waals surface area contributed by atoms with Crippen molar-refractivity contribution in [2.75, 3.05) is 32.2 Å². The monoisotopic (exact) mass is 466 g/mol. The normalized spacial score (nSPS) is 17.1. The molecule has 184 valence electrons. The molecular weight excluding hydrogens is 428 g/mol. The van der Waals surface area contributed by atoms with Gasteiger partial charge in [0.15, 0.2) is 0 Å². The van der Waals surface area contributed by atoms with Gasteiger partial charge in [-0.2, -0.15) is 5.10 Å². The molecule has 0 saturated carbocycles. The van der Waals surface area contributed by atoms with Gasteiger partial charge in [0.05, 0.1) is 24.0 Å². The van der Waals surface area contributed by atoms with E-state index in [2.05, 4.69) is 54.2 Å². The molecule has 1 aliphatic rings. The average molecular weight is 467 g/mol. The molecule has 0 radical (unpaired) electrons. The molecule has 8 nitrogen and oxygen atoms in total. The van der Waals surface area contributed by atoms with E-state index in [1.807, 2.05) is 23.2 Å². The molecule has 1 aliphatic heterocycles. The van der Waals surface area contributed by atoms with Gasteiger partial charge >= 0.3 is 0 Å². The number of pyridine rings is 1. The van der Waals surface area contributed by atoms with Crippen LogP contribution in [0.1, 0.15) is 69.0 Å². The fraction of sp³-hybridized carbons (Fsp3) is 0.538. The highest BCUT2D eigenvalue weighted by molar-refractivity contribution is 6.12. The lowest BCUT2D eigenvalue weighted by atomic mass is 9.98. The van der Waals surface area contributed by atoms with E-state index in [1.165, 1.54) is 0 Å². The molecule has 0 aliphatic carbocycles. The highest BCUT2D eigenvalue weighted by Crippen LogP contribution is 2.27. The minimum Gasteiger partial charge on any atom is -0.379 e. The Morgan fingerprint density at radius 2 is 2.21 bits per heavy atom. The van der Waals surface area contributed by atoms with Crippen LogP contribution < -0.4 is 5.32 Å². The molecule has 1 N–H and O–H groups in total. The van der Waals surface area contributed by atoms with E-state index in [0.717, 1.165) is 71.9 Å². The zero-order chi connectivity index (χ0) is 24.3. The van der Waals surface area contributed by atoms with Crippen molar-refractivity contribution in [1.82, 2.24) is 14.8 Å². The summed E-state index contributed by atoms with van der Waals surface area (Å²) in [4.78, 5) is 14.2. The quantitative estimate of drug-likeness (QED) is 0.356. The van der Waals surface area contributed by atoms with Crippen LogP contribution in [-0.4, -0.2) is 59.6 Å². The van der Waals surface area contributed by atoms with Gasteiger partial charge in [0.1, 0.15) is 18.3 Å². The molecule has 3 heterocycles. The van der Waals surface area contributed by atoms with E-state index in [9.17, 15) is 0 Å². The number of aromatic nitrogens is 3. The summed E-state index contributed by atoms with van der Waals surface area (Å²) in [5.74, 6) is 0.811. The van der Waals surface area contributed by atoms with E-state index < -0.39 is 0 Å². The first-order chi connectivity index (χ1) is 16.6. The fourth-order valence-electron chi connectivity index (χ4n) is 3.89. The molecule has 1 saturated heterocycles. The van der Waals surface area contributed by atoms with Gasteiger partial charge in [0.25, 0.3) is 0 Å². The van der Waals surface area contributed by atoms with Crippen molar-refractivity contribution < 1.29 is 9.47 Å². The van der Waals surface area contributed by atoms with Gasteiger partial charge in [-0.25, -0.2) is 9.67 Å². The lowest BCUT2D eigenvalue weighted by molar-refractivity contribution is 0.0690. The number of allylic oxidation sites excluding steroid dienone is 1. The largest absolute Gasteiger partial charge is 0.379 e. The molecule has 1 atom stereocenters. The molecule has 3 rings (SSSR count). The standard InChI is InChI=1S/C26H38N6O2/c1-6-8-11-28-16-19(3)22-15-24(30-21-10-14-33-17-21)31-25(20(22)4)26(27-5)23-9-12-29-32(23)18-34-13-7-2/h9,11-12,15-16,21H,6-8,10,13-14,17-18H2,1-5H3,(H,30,31)/b19-16+,27-26?,28-11?. The number of rotatable bonds is 12. The first kappa shape index (κ1) is 25.8. The van der Waals surface area contributed by atoms with E-state index in [1.54, 1.807) is 13.2 Å². The summed E-state index contributed by atoms with van der Waals surface area (Å²) in [6.07, 6.45) is 9.64. The molecular formula is C26H38N6O2. The first-order valence-corrected chi connectivity index (χ1v) is 12.2. The van der Waals surface area contributed by atoms with Crippen LogP contribution in [0.5, 0.6) is 0 Å². The summed E-state index contributed by atoms with van der Waals surface area (Å²) >= 11 is 0. The number of ether oxygens (including phenoxy) is 2. The number of hydrogen-bond acceptors (Lipinski definition) is 7. The van der Waals surface area contributed by atoms with Crippen molar-refractivity contribution >= 4 is 23.3 Å². The molecule has 2 aromatic rings. The second-order valence-corrected chi connectivity index (χ2v) is 8.49. The summed E-state index contributed by atoms with van der Waals surface area (Å²) in [6, 6.07) is 4.31. The summed E-state index contributed by atoms with van der Waals surface area (Å²) in [7, 11) is 1.79. The van der Waals surface area contributed by atoms with Crippen molar-refractivity contribution in [2.24, 2.45) is 9.98 Å². The van der Waals surface area contributed by atoms with E-state index in [0.29, 0.717) is 19.9 Å². The molecule has 1 unspecified atom stereocenters. The summed E-state index contributed by atoms with van der Waals surface area (Å²) in [5.41, 5.74) is 5.71. The first-order valence-electron chi connectivity index (χ1n) is 12.2. The smallest absolute Gasteiger partial charge is 0.140 e. The Morgan fingerprint density at radius 3 is 2.91 bits per heavy atom. The second kappa shape index (κ2) is 13.2. The van der Waals surface area contributed by atoms with E-state index >= 15 is 0 Å². The van der Waals surface area contributed by atoms with Gasteiger partial charge in [0.2, 0.25) is 0 Å². The second-order valence-electron chi connectivity index (χ2n) is 8.49. The van der Waals surface area contributed by atoms with Crippen molar-refractivity contribution in [3.05, 3.63) is 47.0 Å². The topological polar surface area (TPSA) is 85.9 Å². The van der Waals surface area contributed by atoms with Crippen LogP contribution in [0.15, 0.2) is 34.5 Å². The van der Waals surface area contributed by atoms with Crippen LogP contribution >= 0.6 is 0 Å². The Bertz CT molecular complexity index is 1020. The molecule has 0 bridgehead atoms. The average Bonchev–Trinajstić information content (AvgIpc) is 3.51. The van der Waals surface area contributed by atoms with Crippen LogP contribution in [0.2, 0.25) is 0 Å². The molecule has 0 spiro atoms. The Hall–Kier alpha value is -2.84. The Kier molecular flexibility index (Phi) is 9.97. The highest BCUT2D eigenvalue weighted by Gasteiger charge is 2.22. The summed E-state index contributed by atoms with van der Waals surface area (Å²) < 4.78 is 13.1. The van der Waals surface area contributed by atoms with Gasteiger partial charge in [-0.3, -0.25) is 9.98 Å². The Labute approximate surface area is 203 Å². The third-order valence-electron chi connectivity index (χ3n) is 5.74. The number of nitrogens with one attached hydrogen (secondary N) is 1. The number of unbranched alkanes of at least 4 members (excludes halogenated alkanes) is 1. The zero-order valence-corrected chi connectivity index (χ0v) is 21.2. The van der Waals surface area contributed by atoms with Crippen molar-refractivity contribution in [3.8, 4) is 0 Å². The SMILES string of the molecule is CCCC=N/C=C(\C)c1cc(NC2CCOC2)nc(C(=NC)c2ccnn2COCCC)c1C. The predicted octanol–water partition coefficient (Wildman–Crippen LogP) is 4.87. The number of hydrogen-bond donors (Lipinski definition) is 1. The van der Waals surface area contributed by atoms with Crippen LogP contribution in [0.25, 0.3) is 5.57 Å². The molecule has 8 heteroatoms. The third-order valence-corrected chi connectivity index (χ3v) is 5.74. The van der Waals surface area contributed by atoms with Crippen molar-refractivity contribution in [1.29, 1.82) is 0 Å². The lowest BCUT2D eigenvalue weighted by Gasteiger charge is -2.18. The molecule has 2 aromatic heterocycles. The number of nitrogens with zero attached hydrogens (tertiary/aromatic N) is 5. The van der Waals surface area contributed by atoms with E-state index in [-0.39, 0.29) is 6.04 Å². The Balaban J connectivity index is 2.03. The molecule has 0 aromatic carbocycles. The number of aliphatic imine (C=N–C) groups is 2.